The van der Waals surface area contributed by atoms with Crippen molar-refractivity contribution in [3.63, 3.8) is 0 Å². The Kier molecular flexibility index (Phi) is 3.10. The van der Waals surface area contributed by atoms with Gasteiger partial charge in [0.05, 0.1) is 17.8 Å². The number of anilines is 1. The topological polar surface area (TPSA) is 61.6 Å². The second-order valence-electron chi connectivity index (χ2n) is 3.18. The average molecular weight is 210 g/mol. The number of hydrogen-bond acceptors (Lipinski definition) is 4. The van der Waals surface area contributed by atoms with Crippen molar-refractivity contribution in [2.45, 2.75) is 6.54 Å². The standard InChI is InChI=1S/C12H10N4/c13-8-10-4-1-2-5-11(10)16-9-12-14-6-3-7-15-12/h1-7,16H,9H2. The molecular formula is C12H10N4. The van der Waals surface area contributed by atoms with Gasteiger partial charge in [0, 0.05) is 12.4 Å². The van der Waals surface area contributed by atoms with E-state index in [4.69, 9.17) is 5.26 Å². The maximum absolute atomic E-state index is 8.89. The molecule has 0 spiro atoms. The van der Waals surface area contributed by atoms with E-state index in [1.165, 1.54) is 0 Å². The molecule has 0 aliphatic rings. The summed E-state index contributed by atoms with van der Waals surface area (Å²) in [6.07, 6.45) is 3.39. The van der Waals surface area contributed by atoms with E-state index in [1.807, 2.05) is 18.2 Å². The Labute approximate surface area is 93.6 Å². The SMILES string of the molecule is N#Cc1ccccc1NCc1ncccn1. The molecule has 0 fully saturated rings. The highest BCUT2D eigenvalue weighted by Crippen LogP contribution is 2.13. The first-order chi connectivity index (χ1) is 7.90. The lowest BCUT2D eigenvalue weighted by atomic mass is 10.2. The molecule has 4 nitrogen and oxygen atoms in total. The van der Waals surface area contributed by atoms with E-state index in [1.54, 1.807) is 24.5 Å². The van der Waals surface area contributed by atoms with Crippen LogP contribution in [0, 0.1) is 11.3 Å². The summed E-state index contributed by atoms with van der Waals surface area (Å²) in [6, 6.07) is 11.3. The van der Waals surface area contributed by atoms with E-state index in [2.05, 4.69) is 21.4 Å². The Hall–Kier alpha value is -2.41. The fraction of sp³-hybridized carbons (Fsp3) is 0.0833. The van der Waals surface area contributed by atoms with Crippen molar-refractivity contribution in [2.75, 3.05) is 5.32 Å². The van der Waals surface area contributed by atoms with Gasteiger partial charge in [-0.3, -0.25) is 0 Å². The van der Waals surface area contributed by atoms with E-state index >= 15 is 0 Å². The molecule has 1 heterocycles. The van der Waals surface area contributed by atoms with E-state index < -0.39 is 0 Å². The van der Waals surface area contributed by atoms with Crippen molar-refractivity contribution in [3.8, 4) is 6.07 Å². The summed E-state index contributed by atoms with van der Waals surface area (Å²) >= 11 is 0. The summed E-state index contributed by atoms with van der Waals surface area (Å²) in [5, 5.41) is 12.0. The summed E-state index contributed by atoms with van der Waals surface area (Å²) < 4.78 is 0. The molecule has 1 aromatic carbocycles. The number of rotatable bonds is 3. The van der Waals surface area contributed by atoms with Crippen LogP contribution in [0.15, 0.2) is 42.7 Å². The molecule has 1 aromatic heterocycles. The fourth-order valence-corrected chi connectivity index (χ4v) is 1.33. The van der Waals surface area contributed by atoms with Crippen LogP contribution < -0.4 is 5.32 Å². The van der Waals surface area contributed by atoms with Crippen LogP contribution in [0.4, 0.5) is 5.69 Å². The predicted molar refractivity (Wildman–Crippen MR) is 60.5 cm³/mol. The number of nitrogens with one attached hydrogen (secondary N) is 1. The van der Waals surface area contributed by atoms with Crippen LogP contribution in [0.3, 0.4) is 0 Å². The van der Waals surface area contributed by atoms with Crippen LogP contribution in [-0.2, 0) is 6.54 Å². The molecule has 2 rings (SSSR count). The molecule has 0 aliphatic heterocycles. The highest BCUT2D eigenvalue weighted by Gasteiger charge is 2.00. The molecule has 78 valence electrons. The van der Waals surface area contributed by atoms with Crippen LogP contribution in [0.2, 0.25) is 0 Å². The third-order valence-electron chi connectivity index (χ3n) is 2.10. The Morgan fingerprint density at radius 2 is 1.88 bits per heavy atom. The lowest BCUT2D eigenvalue weighted by molar-refractivity contribution is 0.948. The number of nitriles is 1. The molecule has 0 amide bonds. The van der Waals surface area contributed by atoms with Gasteiger partial charge in [-0.2, -0.15) is 5.26 Å². The van der Waals surface area contributed by atoms with Crippen molar-refractivity contribution < 1.29 is 0 Å². The maximum Gasteiger partial charge on any atom is 0.147 e. The maximum atomic E-state index is 8.89. The third kappa shape index (κ3) is 2.34. The minimum Gasteiger partial charge on any atom is -0.377 e. The molecule has 2 aromatic rings. The van der Waals surface area contributed by atoms with Crippen molar-refractivity contribution >= 4 is 5.69 Å². The Bertz CT molecular complexity index is 502. The highest BCUT2D eigenvalue weighted by atomic mass is 15.0. The first-order valence-corrected chi connectivity index (χ1v) is 4.89. The fourth-order valence-electron chi connectivity index (χ4n) is 1.33. The van der Waals surface area contributed by atoms with E-state index in [-0.39, 0.29) is 0 Å². The monoisotopic (exact) mass is 210 g/mol. The predicted octanol–water partition coefficient (Wildman–Crippen LogP) is 1.96. The van der Waals surface area contributed by atoms with Crippen molar-refractivity contribution in [1.29, 1.82) is 5.26 Å². The highest BCUT2D eigenvalue weighted by molar-refractivity contribution is 5.56. The van der Waals surface area contributed by atoms with Crippen molar-refractivity contribution in [1.82, 2.24) is 9.97 Å². The second-order valence-corrected chi connectivity index (χ2v) is 3.18. The molecule has 0 aliphatic carbocycles. The first kappa shape index (κ1) is 10.1. The lowest BCUT2D eigenvalue weighted by Gasteiger charge is -2.06. The van der Waals surface area contributed by atoms with Gasteiger partial charge < -0.3 is 5.32 Å². The normalized spacial score (nSPS) is 9.44. The van der Waals surface area contributed by atoms with Gasteiger partial charge in [0.15, 0.2) is 0 Å². The van der Waals surface area contributed by atoms with Gasteiger partial charge in [-0.15, -0.1) is 0 Å². The second kappa shape index (κ2) is 4.89. The number of para-hydroxylation sites is 1. The summed E-state index contributed by atoms with van der Waals surface area (Å²) in [7, 11) is 0. The molecule has 16 heavy (non-hydrogen) atoms. The van der Waals surface area contributed by atoms with E-state index in [0.717, 1.165) is 5.69 Å². The van der Waals surface area contributed by atoms with Crippen LogP contribution in [0.1, 0.15) is 11.4 Å². The van der Waals surface area contributed by atoms with Gasteiger partial charge in [-0.1, -0.05) is 12.1 Å². The largest absolute Gasteiger partial charge is 0.377 e. The number of hydrogen-bond donors (Lipinski definition) is 1. The summed E-state index contributed by atoms with van der Waals surface area (Å²) in [4.78, 5) is 8.19. The Balaban J connectivity index is 2.09. The summed E-state index contributed by atoms with van der Waals surface area (Å²) in [6.45, 7) is 0.513. The van der Waals surface area contributed by atoms with Gasteiger partial charge in [0.1, 0.15) is 11.9 Å². The summed E-state index contributed by atoms with van der Waals surface area (Å²) in [5.41, 5.74) is 1.43. The molecular weight excluding hydrogens is 200 g/mol. The molecule has 0 saturated heterocycles. The zero-order valence-corrected chi connectivity index (χ0v) is 8.59. The first-order valence-electron chi connectivity index (χ1n) is 4.89. The van der Waals surface area contributed by atoms with Gasteiger partial charge in [-0.25, -0.2) is 9.97 Å². The van der Waals surface area contributed by atoms with Crippen LogP contribution in [0.25, 0.3) is 0 Å². The van der Waals surface area contributed by atoms with Gasteiger partial charge in [0.25, 0.3) is 0 Å². The van der Waals surface area contributed by atoms with Crippen LogP contribution in [-0.4, -0.2) is 9.97 Å². The zero-order valence-electron chi connectivity index (χ0n) is 8.59. The number of benzene rings is 1. The summed E-state index contributed by atoms with van der Waals surface area (Å²) in [5.74, 6) is 0.704. The van der Waals surface area contributed by atoms with Gasteiger partial charge >= 0.3 is 0 Å². The van der Waals surface area contributed by atoms with Gasteiger partial charge in [0.2, 0.25) is 0 Å². The van der Waals surface area contributed by atoms with Crippen molar-refractivity contribution in [3.05, 3.63) is 54.1 Å². The average Bonchev–Trinajstić information content (AvgIpc) is 2.38. The molecule has 0 atom stereocenters. The van der Waals surface area contributed by atoms with E-state index in [0.29, 0.717) is 17.9 Å². The van der Waals surface area contributed by atoms with Crippen LogP contribution in [0.5, 0.6) is 0 Å². The molecule has 0 unspecified atom stereocenters. The number of aromatic nitrogens is 2. The quantitative estimate of drug-likeness (QED) is 0.841. The number of nitrogens with zero attached hydrogens (tertiary/aromatic N) is 3. The molecule has 4 heteroatoms. The van der Waals surface area contributed by atoms with Crippen molar-refractivity contribution in [2.24, 2.45) is 0 Å². The minimum absolute atomic E-state index is 0.513. The zero-order chi connectivity index (χ0) is 11.2. The minimum atomic E-state index is 0.513. The molecule has 0 saturated carbocycles. The molecule has 0 bridgehead atoms. The Morgan fingerprint density at radius 1 is 1.12 bits per heavy atom. The Morgan fingerprint density at radius 3 is 2.62 bits per heavy atom. The van der Waals surface area contributed by atoms with E-state index in [9.17, 15) is 0 Å². The third-order valence-corrected chi connectivity index (χ3v) is 2.10. The van der Waals surface area contributed by atoms with Crippen LogP contribution >= 0.6 is 0 Å². The van der Waals surface area contributed by atoms with Gasteiger partial charge in [-0.05, 0) is 18.2 Å². The lowest BCUT2D eigenvalue weighted by Crippen LogP contribution is -2.04. The molecule has 0 radical (unpaired) electrons. The smallest absolute Gasteiger partial charge is 0.147 e. The molecule has 1 N–H and O–H groups in total.